The van der Waals surface area contributed by atoms with Gasteiger partial charge in [-0.1, -0.05) is 12.1 Å². The molecule has 1 aromatic heterocycles. The highest BCUT2D eigenvalue weighted by Crippen LogP contribution is 2.37. The van der Waals surface area contributed by atoms with Crippen LogP contribution in [0.15, 0.2) is 30.3 Å². The van der Waals surface area contributed by atoms with Crippen LogP contribution in [0.2, 0.25) is 0 Å². The Balaban J connectivity index is 1.68. The van der Waals surface area contributed by atoms with Gasteiger partial charge in [0.15, 0.2) is 11.5 Å². The maximum absolute atomic E-state index is 14.7. The molecule has 182 valence electrons. The first-order valence-corrected chi connectivity index (χ1v) is 10.9. The molecule has 34 heavy (non-hydrogen) atoms. The van der Waals surface area contributed by atoms with Gasteiger partial charge in [0.2, 0.25) is 0 Å². The molecule has 10 heteroatoms. The first kappa shape index (κ1) is 24.0. The van der Waals surface area contributed by atoms with Gasteiger partial charge in [-0.05, 0) is 32.4 Å². The number of ether oxygens (including phenoxy) is 3. The summed E-state index contributed by atoms with van der Waals surface area (Å²) in [7, 11) is 1.53. The van der Waals surface area contributed by atoms with Crippen LogP contribution in [0.1, 0.15) is 36.3 Å². The number of hydrogen-bond donors (Lipinski definition) is 1. The lowest BCUT2D eigenvalue weighted by Crippen LogP contribution is -2.15. The maximum Gasteiger partial charge on any atom is 0.419 e. The first-order valence-electron chi connectivity index (χ1n) is 10.9. The first-order chi connectivity index (χ1) is 16.2. The fraction of sp³-hybridized carbons (Fsp3) is 0.417. The summed E-state index contributed by atoms with van der Waals surface area (Å²) in [5, 5.41) is 3.62. The summed E-state index contributed by atoms with van der Waals surface area (Å²) in [6, 6.07) is 5.86. The molecule has 2 heterocycles. The Hall–Kier alpha value is -3.14. The van der Waals surface area contributed by atoms with E-state index in [9.17, 15) is 17.6 Å². The third kappa shape index (κ3) is 5.01. The quantitative estimate of drug-likeness (QED) is 0.439. The molecule has 4 rings (SSSR count). The molecule has 0 unspecified atom stereocenters. The molecule has 0 amide bonds. The highest BCUT2D eigenvalue weighted by Gasteiger charge is 2.35. The van der Waals surface area contributed by atoms with Crippen LogP contribution in [0.4, 0.5) is 23.4 Å². The van der Waals surface area contributed by atoms with E-state index in [4.69, 9.17) is 14.2 Å². The average molecular weight is 479 g/mol. The maximum atomic E-state index is 14.7. The fourth-order valence-corrected chi connectivity index (χ4v) is 3.94. The number of fused-ring (bicyclic) bond motifs is 1. The van der Waals surface area contributed by atoms with E-state index in [0.29, 0.717) is 53.9 Å². The molecule has 2 atom stereocenters. The lowest BCUT2D eigenvalue weighted by Gasteiger charge is -2.20. The van der Waals surface area contributed by atoms with Crippen LogP contribution in [0, 0.1) is 18.7 Å². The minimum absolute atomic E-state index is 0.120. The number of alkyl halides is 3. The Bertz CT molecular complexity index is 1180. The Labute approximate surface area is 194 Å². The van der Waals surface area contributed by atoms with Crippen molar-refractivity contribution in [2.75, 3.05) is 32.2 Å². The Morgan fingerprint density at radius 1 is 1.21 bits per heavy atom. The number of aryl methyl sites for hydroxylation is 1. The number of aromatic nitrogens is 2. The van der Waals surface area contributed by atoms with Crippen molar-refractivity contribution in [1.82, 2.24) is 9.97 Å². The predicted molar refractivity (Wildman–Crippen MR) is 119 cm³/mol. The normalized spacial score (nSPS) is 17.1. The average Bonchev–Trinajstić information content (AvgIpc) is 3.30. The number of halogens is 4. The minimum atomic E-state index is -4.79. The van der Waals surface area contributed by atoms with Crippen molar-refractivity contribution in [1.29, 1.82) is 0 Å². The lowest BCUT2D eigenvalue weighted by molar-refractivity contribution is -0.140. The molecule has 0 aliphatic carbocycles. The third-order valence-electron chi connectivity index (χ3n) is 5.75. The number of hydrogen-bond acceptors (Lipinski definition) is 6. The summed E-state index contributed by atoms with van der Waals surface area (Å²) in [4.78, 5) is 8.86. The van der Waals surface area contributed by atoms with Gasteiger partial charge in [0, 0.05) is 29.5 Å². The van der Waals surface area contributed by atoms with Crippen LogP contribution in [0.25, 0.3) is 10.9 Å². The number of nitrogens with zero attached hydrogens (tertiary/aromatic N) is 2. The van der Waals surface area contributed by atoms with E-state index in [1.165, 1.54) is 19.2 Å². The van der Waals surface area contributed by atoms with Crippen molar-refractivity contribution in [2.45, 2.75) is 32.5 Å². The van der Waals surface area contributed by atoms with Crippen molar-refractivity contribution in [3.8, 4) is 11.5 Å². The van der Waals surface area contributed by atoms with Crippen LogP contribution in [0.3, 0.4) is 0 Å². The van der Waals surface area contributed by atoms with Gasteiger partial charge in [0.05, 0.1) is 37.4 Å². The van der Waals surface area contributed by atoms with E-state index >= 15 is 0 Å². The summed E-state index contributed by atoms with van der Waals surface area (Å²) >= 11 is 0. The molecule has 6 nitrogen and oxygen atoms in total. The fourth-order valence-electron chi connectivity index (χ4n) is 3.94. The zero-order chi connectivity index (χ0) is 24.5. The number of nitrogens with one attached hydrogen (secondary N) is 1. The molecule has 1 aliphatic heterocycles. The van der Waals surface area contributed by atoms with E-state index in [2.05, 4.69) is 15.3 Å². The van der Waals surface area contributed by atoms with Crippen LogP contribution in [-0.4, -0.2) is 36.9 Å². The van der Waals surface area contributed by atoms with Crippen LogP contribution < -0.4 is 14.8 Å². The van der Waals surface area contributed by atoms with Crippen molar-refractivity contribution < 1.29 is 31.8 Å². The second-order valence-corrected chi connectivity index (χ2v) is 8.25. The molecule has 0 saturated carbocycles. The zero-order valence-corrected chi connectivity index (χ0v) is 19.0. The van der Waals surface area contributed by atoms with Crippen molar-refractivity contribution in [2.24, 2.45) is 5.92 Å². The molecule has 0 spiro atoms. The Kier molecular flexibility index (Phi) is 6.79. The molecule has 1 fully saturated rings. The van der Waals surface area contributed by atoms with Crippen molar-refractivity contribution in [3.05, 3.63) is 53.1 Å². The van der Waals surface area contributed by atoms with Gasteiger partial charge < -0.3 is 19.5 Å². The highest BCUT2D eigenvalue weighted by atomic mass is 19.4. The van der Waals surface area contributed by atoms with Gasteiger partial charge in [-0.15, -0.1) is 0 Å². The second kappa shape index (κ2) is 9.61. The molecule has 1 saturated heterocycles. The molecule has 0 bridgehead atoms. The van der Waals surface area contributed by atoms with E-state index in [0.717, 1.165) is 12.5 Å². The molecule has 1 aliphatic rings. The van der Waals surface area contributed by atoms with E-state index in [-0.39, 0.29) is 11.5 Å². The van der Waals surface area contributed by atoms with Gasteiger partial charge in [-0.2, -0.15) is 13.2 Å². The predicted octanol–water partition coefficient (Wildman–Crippen LogP) is 5.69. The lowest BCUT2D eigenvalue weighted by atomic mass is 10.0. The highest BCUT2D eigenvalue weighted by molar-refractivity contribution is 5.92. The number of methoxy groups -OCH3 is 1. The van der Waals surface area contributed by atoms with Crippen LogP contribution in [-0.2, 0) is 10.9 Å². The van der Waals surface area contributed by atoms with Gasteiger partial charge >= 0.3 is 6.18 Å². The summed E-state index contributed by atoms with van der Waals surface area (Å²) in [5.41, 5.74) is -0.871. The Morgan fingerprint density at radius 2 is 2.00 bits per heavy atom. The van der Waals surface area contributed by atoms with Gasteiger partial charge in [0.25, 0.3) is 0 Å². The molecule has 2 aromatic carbocycles. The van der Waals surface area contributed by atoms with E-state index in [1.54, 1.807) is 26.0 Å². The van der Waals surface area contributed by atoms with E-state index in [1.807, 2.05) is 0 Å². The van der Waals surface area contributed by atoms with Gasteiger partial charge in [-0.3, -0.25) is 0 Å². The molecular formula is C24H25F4N3O3. The smallest absolute Gasteiger partial charge is 0.419 e. The number of benzene rings is 2. The standard InChI is InChI=1S/C24H25F4N3O3/c1-13(16-5-4-6-18(22(16)25)24(26,27)28)29-23-17-9-21(34-12-15-7-8-33-11-15)20(32-3)10-19(17)30-14(2)31-23/h4-6,9-10,13,15H,7-8,11-12H2,1-3H3,(H,29,30,31)/t13-,15+/m1/s1. The van der Waals surface area contributed by atoms with Crippen molar-refractivity contribution in [3.63, 3.8) is 0 Å². The third-order valence-corrected chi connectivity index (χ3v) is 5.75. The molecular weight excluding hydrogens is 454 g/mol. The van der Waals surface area contributed by atoms with E-state index < -0.39 is 23.6 Å². The largest absolute Gasteiger partial charge is 0.493 e. The minimum Gasteiger partial charge on any atom is -0.493 e. The SMILES string of the molecule is COc1cc2nc(C)nc(N[C@H](C)c3cccc(C(F)(F)F)c3F)c2cc1OC[C@H]1CCOC1. The van der Waals surface area contributed by atoms with Crippen LogP contribution in [0.5, 0.6) is 11.5 Å². The van der Waals surface area contributed by atoms with Gasteiger partial charge in [-0.25, -0.2) is 14.4 Å². The topological polar surface area (TPSA) is 65.5 Å². The zero-order valence-electron chi connectivity index (χ0n) is 19.0. The summed E-state index contributed by atoms with van der Waals surface area (Å²) in [5.74, 6) is 0.725. The van der Waals surface area contributed by atoms with Crippen LogP contribution >= 0.6 is 0 Å². The summed E-state index contributed by atoms with van der Waals surface area (Å²) in [6.07, 6.45) is -3.88. The molecule has 3 aromatic rings. The van der Waals surface area contributed by atoms with Gasteiger partial charge in [0.1, 0.15) is 17.5 Å². The molecule has 0 radical (unpaired) electrons. The summed E-state index contributed by atoms with van der Waals surface area (Å²) < 4.78 is 71.0. The van der Waals surface area contributed by atoms with Crippen molar-refractivity contribution >= 4 is 16.7 Å². The monoisotopic (exact) mass is 479 g/mol. The number of anilines is 1. The Morgan fingerprint density at radius 3 is 2.68 bits per heavy atom. The summed E-state index contributed by atoms with van der Waals surface area (Å²) in [6.45, 7) is 5.04. The second-order valence-electron chi connectivity index (χ2n) is 8.25. The number of rotatable bonds is 7. The molecule has 1 N–H and O–H groups in total.